The van der Waals surface area contributed by atoms with Gasteiger partial charge < -0.3 is 14.6 Å². The molecule has 3 heteroatoms. The SMILES string of the molecule is CCC=COCC(O)COc1ccc(C(C)C)cc1. The second kappa shape index (κ2) is 8.59. The topological polar surface area (TPSA) is 38.7 Å². The molecular formula is C16H24O3. The highest BCUT2D eigenvalue weighted by Gasteiger charge is 2.05. The van der Waals surface area contributed by atoms with Gasteiger partial charge in [0.1, 0.15) is 25.1 Å². The van der Waals surface area contributed by atoms with E-state index >= 15 is 0 Å². The molecule has 1 rings (SSSR count). The summed E-state index contributed by atoms with van der Waals surface area (Å²) in [6.45, 7) is 6.82. The average Bonchev–Trinajstić information content (AvgIpc) is 2.42. The van der Waals surface area contributed by atoms with E-state index in [-0.39, 0.29) is 13.2 Å². The van der Waals surface area contributed by atoms with Crippen molar-refractivity contribution in [2.24, 2.45) is 0 Å². The number of hydrogen-bond donors (Lipinski definition) is 1. The van der Waals surface area contributed by atoms with Gasteiger partial charge in [-0.25, -0.2) is 0 Å². The van der Waals surface area contributed by atoms with Gasteiger partial charge in [-0.2, -0.15) is 0 Å². The van der Waals surface area contributed by atoms with Crippen LogP contribution in [0, 0.1) is 0 Å². The van der Waals surface area contributed by atoms with Crippen molar-refractivity contribution >= 4 is 0 Å². The highest BCUT2D eigenvalue weighted by Crippen LogP contribution is 2.18. The third-order valence-electron chi connectivity index (χ3n) is 2.71. The maximum atomic E-state index is 9.67. The van der Waals surface area contributed by atoms with Crippen LogP contribution in [0.25, 0.3) is 0 Å². The molecule has 0 bridgehead atoms. The summed E-state index contributed by atoms with van der Waals surface area (Å²) in [5.74, 6) is 1.28. The van der Waals surface area contributed by atoms with Gasteiger partial charge in [0.25, 0.3) is 0 Å². The zero-order valence-corrected chi connectivity index (χ0v) is 12.0. The molecule has 0 aliphatic heterocycles. The van der Waals surface area contributed by atoms with Gasteiger partial charge in [0.2, 0.25) is 0 Å². The highest BCUT2D eigenvalue weighted by molar-refractivity contribution is 5.28. The zero-order chi connectivity index (χ0) is 14.1. The zero-order valence-electron chi connectivity index (χ0n) is 12.0. The van der Waals surface area contributed by atoms with Gasteiger partial charge in [0, 0.05) is 0 Å². The fraction of sp³-hybridized carbons (Fsp3) is 0.500. The van der Waals surface area contributed by atoms with Gasteiger partial charge >= 0.3 is 0 Å². The Morgan fingerprint density at radius 2 is 1.84 bits per heavy atom. The van der Waals surface area contributed by atoms with Gasteiger partial charge in [-0.3, -0.25) is 0 Å². The Morgan fingerprint density at radius 3 is 2.42 bits per heavy atom. The summed E-state index contributed by atoms with van der Waals surface area (Å²) < 4.78 is 10.7. The van der Waals surface area contributed by atoms with Gasteiger partial charge in [-0.05, 0) is 30.0 Å². The highest BCUT2D eigenvalue weighted by atomic mass is 16.5. The van der Waals surface area contributed by atoms with Crippen LogP contribution in [0.3, 0.4) is 0 Å². The first-order valence-corrected chi connectivity index (χ1v) is 6.81. The maximum Gasteiger partial charge on any atom is 0.122 e. The lowest BCUT2D eigenvalue weighted by Gasteiger charge is -2.12. The number of aliphatic hydroxyl groups excluding tert-OH is 1. The third kappa shape index (κ3) is 6.30. The molecule has 0 heterocycles. The van der Waals surface area contributed by atoms with E-state index in [1.54, 1.807) is 6.26 Å². The lowest BCUT2D eigenvalue weighted by molar-refractivity contribution is 0.0463. The Hall–Kier alpha value is -1.48. The molecular weight excluding hydrogens is 240 g/mol. The average molecular weight is 264 g/mol. The molecule has 19 heavy (non-hydrogen) atoms. The minimum atomic E-state index is -0.619. The number of aliphatic hydroxyl groups is 1. The van der Waals surface area contributed by atoms with Crippen LogP contribution >= 0.6 is 0 Å². The first-order valence-electron chi connectivity index (χ1n) is 6.81. The van der Waals surface area contributed by atoms with E-state index in [1.165, 1.54) is 5.56 Å². The van der Waals surface area contributed by atoms with Crippen molar-refractivity contribution in [1.82, 2.24) is 0 Å². The molecule has 1 N–H and O–H groups in total. The van der Waals surface area contributed by atoms with Crippen LogP contribution in [0.15, 0.2) is 36.6 Å². The molecule has 1 unspecified atom stereocenters. The standard InChI is InChI=1S/C16H24O3/c1-4-5-10-18-11-15(17)12-19-16-8-6-14(7-9-16)13(2)3/h5-10,13,15,17H,4,11-12H2,1-3H3. The Morgan fingerprint density at radius 1 is 1.16 bits per heavy atom. The van der Waals surface area contributed by atoms with Crippen LogP contribution in [0.4, 0.5) is 0 Å². The molecule has 0 fully saturated rings. The van der Waals surface area contributed by atoms with Crippen molar-refractivity contribution in [3.63, 3.8) is 0 Å². The summed E-state index contributed by atoms with van der Waals surface area (Å²) >= 11 is 0. The molecule has 0 saturated heterocycles. The van der Waals surface area contributed by atoms with Gasteiger partial charge in [0.05, 0.1) is 6.26 Å². The van der Waals surface area contributed by atoms with E-state index in [0.29, 0.717) is 5.92 Å². The number of benzene rings is 1. The van der Waals surface area contributed by atoms with E-state index in [4.69, 9.17) is 9.47 Å². The first kappa shape index (κ1) is 15.6. The molecule has 0 aliphatic carbocycles. The summed E-state index contributed by atoms with van der Waals surface area (Å²) in [4.78, 5) is 0. The second-order valence-electron chi connectivity index (χ2n) is 4.80. The minimum absolute atomic E-state index is 0.237. The quantitative estimate of drug-likeness (QED) is 0.730. The third-order valence-corrected chi connectivity index (χ3v) is 2.71. The lowest BCUT2D eigenvalue weighted by Crippen LogP contribution is -2.22. The van der Waals surface area contributed by atoms with Crippen LogP contribution in [0.5, 0.6) is 5.75 Å². The van der Waals surface area contributed by atoms with Crippen molar-refractivity contribution in [2.45, 2.75) is 39.2 Å². The molecule has 0 saturated carbocycles. The summed E-state index contributed by atoms with van der Waals surface area (Å²) in [6.07, 6.45) is 3.82. The van der Waals surface area contributed by atoms with E-state index in [1.807, 2.05) is 37.3 Å². The molecule has 3 nitrogen and oxygen atoms in total. The predicted octanol–water partition coefficient (Wildman–Crippen LogP) is 3.49. The first-order chi connectivity index (χ1) is 9.13. The van der Waals surface area contributed by atoms with Crippen LogP contribution < -0.4 is 4.74 Å². The molecule has 0 amide bonds. The Labute approximate surface area is 115 Å². The molecule has 0 aromatic heterocycles. The van der Waals surface area contributed by atoms with Crippen LogP contribution in [-0.2, 0) is 4.74 Å². The molecule has 1 aromatic rings. The largest absolute Gasteiger partial charge is 0.499 e. The van der Waals surface area contributed by atoms with Crippen LogP contribution in [0.1, 0.15) is 38.7 Å². The van der Waals surface area contributed by atoms with E-state index < -0.39 is 6.10 Å². The molecule has 0 aliphatic rings. The summed E-state index contributed by atoms with van der Waals surface area (Å²) in [7, 11) is 0. The predicted molar refractivity (Wildman–Crippen MR) is 77.4 cm³/mol. The summed E-state index contributed by atoms with van der Waals surface area (Å²) in [5, 5.41) is 9.67. The van der Waals surface area contributed by atoms with Crippen molar-refractivity contribution in [3.8, 4) is 5.75 Å². The van der Waals surface area contributed by atoms with Crippen LogP contribution in [-0.4, -0.2) is 24.4 Å². The van der Waals surface area contributed by atoms with Gasteiger partial charge in [-0.15, -0.1) is 0 Å². The molecule has 1 aromatic carbocycles. The van der Waals surface area contributed by atoms with Crippen molar-refractivity contribution in [2.75, 3.05) is 13.2 Å². The molecule has 0 radical (unpaired) electrons. The number of ether oxygens (including phenoxy) is 2. The Bertz CT molecular complexity index is 368. The fourth-order valence-corrected chi connectivity index (χ4v) is 1.52. The van der Waals surface area contributed by atoms with Gasteiger partial charge in [-0.1, -0.05) is 39.0 Å². The van der Waals surface area contributed by atoms with E-state index in [9.17, 15) is 5.11 Å². The monoisotopic (exact) mass is 264 g/mol. The normalized spacial score (nSPS) is 12.9. The van der Waals surface area contributed by atoms with Gasteiger partial charge in [0.15, 0.2) is 0 Å². The van der Waals surface area contributed by atoms with Crippen molar-refractivity contribution in [1.29, 1.82) is 0 Å². The molecule has 0 spiro atoms. The van der Waals surface area contributed by atoms with Crippen molar-refractivity contribution in [3.05, 3.63) is 42.2 Å². The Kier molecular flexibility index (Phi) is 7.04. The summed E-state index contributed by atoms with van der Waals surface area (Å²) in [5.41, 5.74) is 1.28. The number of hydrogen-bond acceptors (Lipinski definition) is 3. The van der Waals surface area contributed by atoms with E-state index in [2.05, 4.69) is 13.8 Å². The second-order valence-corrected chi connectivity index (χ2v) is 4.80. The smallest absolute Gasteiger partial charge is 0.122 e. The van der Waals surface area contributed by atoms with Crippen LogP contribution in [0.2, 0.25) is 0 Å². The van der Waals surface area contributed by atoms with E-state index in [0.717, 1.165) is 12.2 Å². The minimum Gasteiger partial charge on any atom is -0.499 e. The lowest BCUT2D eigenvalue weighted by atomic mass is 10.0. The molecule has 106 valence electrons. The maximum absolute atomic E-state index is 9.67. The fourth-order valence-electron chi connectivity index (χ4n) is 1.52. The number of allylic oxidation sites excluding steroid dienone is 1. The van der Waals surface area contributed by atoms with Crippen molar-refractivity contribution < 1.29 is 14.6 Å². The molecule has 1 atom stereocenters. The number of rotatable bonds is 8. The Balaban J connectivity index is 2.29. The summed E-state index contributed by atoms with van der Waals surface area (Å²) in [6, 6.07) is 7.96.